The fourth-order valence-corrected chi connectivity index (χ4v) is 1.89. The lowest BCUT2D eigenvalue weighted by Crippen LogP contribution is -2.30. The molecule has 1 N–H and O–H groups in total. The number of carboxylic acid groups (broad SMARTS) is 1. The zero-order chi connectivity index (χ0) is 10.6. The Morgan fingerprint density at radius 2 is 2.43 bits per heavy atom. The fourth-order valence-electron chi connectivity index (χ4n) is 0.940. The Labute approximate surface area is 87.5 Å². The zero-order valence-electron chi connectivity index (χ0n) is 8.32. The second kappa shape index (κ2) is 4.55. The van der Waals surface area contributed by atoms with Crippen LogP contribution in [-0.2, 0) is 10.5 Å². The van der Waals surface area contributed by atoms with Crippen LogP contribution in [0.1, 0.15) is 26.0 Å². The molecular formula is C10H14O3S. The van der Waals surface area contributed by atoms with E-state index < -0.39 is 10.7 Å². The number of aliphatic carboxylic acids is 1. The van der Waals surface area contributed by atoms with E-state index in [1.54, 1.807) is 19.3 Å². The van der Waals surface area contributed by atoms with Crippen molar-refractivity contribution >= 4 is 17.7 Å². The third kappa shape index (κ3) is 2.54. The minimum Gasteiger partial charge on any atom is -0.480 e. The minimum absolute atomic E-state index is 0.601. The number of rotatable bonds is 5. The maximum absolute atomic E-state index is 11.0. The van der Waals surface area contributed by atoms with Crippen molar-refractivity contribution in [3.8, 4) is 0 Å². The summed E-state index contributed by atoms with van der Waals surface area (Å²) in [5, 5.41) is 9.01. The molecule has 4 heteroatoms. The Bertz CT molecular complexity index is 294. The topological polar surface area (TPSA) is 50.4 Å². The number of carbonyl (C=O) groups is 1. The van der Waals surface area contributed by atoms with Crippen LogP contribution in [0.4, 0.5) is 0 Å². The van der Waals surface area contributed by atoms with Gasteiger partial charge in [-0.2, -0.15) is 0 Å². The Hall–Kier alpha value is -0.900. The van der Waals surface area contributed by atoms with Crippen LogP contribution in [0.3, 0.4) is 0 Å². The van der Waals surface area contributed by atoms with Gasteiger partial charge in [0.2, 0.25) is 0 Å². The number of carboxylic acids is 1. The van der Waals surface area contributed by atoms with Crippen molar-refractivity contribution in [2.75, 3.05) is 0 Å². The molecule has 0 aliphatic heterocycles. The van der Waals surface area contributed by atoms with Gasteiger partial charge in [-0.1, -0.05) is 6.92 Å². The van der Waals surface area contributed by atoms with Gasteiger partial charge in [0.15, 0.2) is 0 Å². The lowest BCUT2D eigenvalue weighted by atomic mass is 10.1. The molecule has 1 rings (SSSR count). The Morgan fingerprint density at radius 1 is 1.71 bits per heavy atom. The minimum atomic E-state index is -0.767. The third-order valence-electron chi connectivity index (χ3n) is 2.24. The van der Waals surface area contributed by atoms with Gasteiger partial charge in [0.05, 0.1) is 12.0 Å². The Morgan fingerprint density at radius 3 is 2.86 bits per heavy atom. The first kappa shape index (κ1) is 11.2. The highest BCUT2D eigenvalue weighted by Crippen LogP contribution is 2.31. The van der Waals surface area contributed by atoms with Gasteiger partial charge in [-0.3, -0.25) is 4.79 Å². The van der Waals surface area contributed by atoms with Crippen molar-refractivity contribution in [3.05, 3.63) is 24.2 Å². The number of hydrogen-bond acceptors (Lipinski definition) is 3. The van der Waals surface area contributed by atoms with Crippen molar-refractivity contribution in [2.45, 2.75) is 30.8 Å². The molecular weight excluding hydrogens is 200 g/mol. The van der Waals surface area contributed by atoms with Gasteiger partial charge < -0.3 is 9.52 Å². The van der Waals surface area contributed by atoms with Crippen molar-refractivity contribution in [2.24, 2.45) is 0 Å². The molecule has 0 saturated carbocycles. The predicted octanol–water partition coefficient (Wildman–Crippen LogP) is 2.77. The Balaban J connectivity index is 2.54. The Kier molecular flexibility index (Phi) is 3.63. The summed E-state index contributed by atoms with van der Waals surface area (Å²) in [5.41, 5.74) is 0. The molecule has 0 radical (unpaired) electrons. The molecule has 0 saturated heterocycles. The van der Waals surface area contributed by atoms with Crippen LogP contribution in [0.2, 0.25) is 0 Å². The molecule has 78 valence electrons. The average Bonchev–Trinajstić information content (AvgIpc) is 2.66. The summed E-state index contributed by atoms with van der Waals surface area (Å²) >= 11 is 1.40. The van der Waals surface area contributed by atoms with Gasteiger partial charge >= 0.3 is 5.97 Å². The lowest BCUT2D eigenvalue weighted by molar-refractivity contribution is -0.139. The summed E-state index contributed by atoms with van der Waals surface area (Å²) in [5.74, 6) is 0.649. The molecule has 0 aromatic carbocycles. The summed E-state index contributed by atoms with van der Waals surface area (Å²) in [6, 6.07) is 3.66. The third-order valence-corrected chi connectivity index (χ3v) is 3.77. The van der Waals surface area contributed by atoms with E-state index in [1.165, 1.54) is 11.8 Å². The van der Waals surface area contributed by atoms with Crippen LogP contribution in [0, 0.1) is 0 Å². The van der Waals surface area contributed by atoms with Gasteiger partial charge in [-0.25, -0.2) is 0 Å². The zero-order valence-corrected chi connectivity index (χ0v) is 9.13. The smallest absolute Gasteiger partial charge is 0.319 e. The molecule has 1 atom stereocenters. The highest BCUT2D eigenvalue weighted by atomic mass is 32.2. The van der Waals surface area contributed by atoms with Crippen LogP contribution in [0.15, 0.2) is 22.8 Å². The van der Waals surface area contributed by atoms with Gasteiger partial charge in [0, 0.05) is 0 Å². The maximum atomic E-state index is 11.0. The molecule has 0 fully saturated rings. The predicted molar refractivity (Wildman–Crippen MR) is 56.3 cm³/mol. The molecule has 0 spiro atoms. The molecule has 0 bridgehead atoms. The second-order valence-electron chi connectivity index (χ2n) is 3.26. The van der Waals surface area contributed by atoms with Crippen LogP contribution < -0.4 is 0 Å². The monoisotopic (exact) mass is 214 g/mol. The van der Waals surface area contributed by atoms with Crippen molar-refractivity contribution in [1.29, 1.82) is 0 Å². The first-order valence-corrected chi connectivity index (χ1v) is 5.47. The highest BCUT2D eigenvalue weighted by Gasteiger charge is 2.31. The number of thioether (sulfide) groups is 1. The standard InChI is InChI=1S/C10H14O3S/c1-3-10(2,9(11)12)14-7-8-5-4-6-13-8/h4-6H,3,7H2,1-2H3,(H,11,12). The average molecular weight is 214 g/mol. The van der Waals surface area contributed by atoms with Crippen LogP contribution in [-0.4, -0.2) is 15.8 Å². The van der Waals surface area contributed by atoms with E-state index in [2.05, 4.69) is 0 Å². The van der Waals surface area contributed by atoms with E-state index in [0.717, 1.165) is 5.76 Å². The van der Waals surface area contributed by atoms with Crippen molar-refractivity contribution in [1.82, 2.24) is 0 Å². The number of furan rings is 1. The van der Waals surface area contributed by atoms with Gasteiger partial charge in [0.25, 0.3) is 0 Å². The van der Waals surface area contributed by atoms with E-state index in [0.29, 0.717) is 12.2 Å². The molecule has 1 aromatic rings. The molecule has 1 heterocycles. The lowest BCUT2D eigenvalue weighted by Gasteiger charge is -2.21. The van der Waals surface area contributed by atoms with Gasteiger partial charge in [0.1, 0.15) is 10.5 Å². The molecule has 3 nitrogen and oxygen atoms in total. The SMILES string of the molecule is CCC(C)(SCc1ccco1)C(=O)O. The van der Waals surface area contributed by atoms with Crippen molar-refractivity contribution in [3.63, 3.8) is 0 Å². The maximum Gasteiger partial charge on any atom is 0.319 e. The highest BCUT2D eigenvalue weighted by molar-refractivity contribution is 8.00. The van der Waals surface area contributed by atoms with E-state index in [1.807, 2.05) is 13.0 Å². The summed E-state index contributed by atoms with van der Waals surface area (Å²) in [4.78, 5) is 11.0. The molecule has 1 unspecified atom stereocenters. The molecule has 14 heavy (non-hydrogen) atoms. The first-order chi connectivity index (χ1) is 6.58. The number of hydrogen-bond donors (Lipinski definition) is 1. The normalized spacial score (nSPS) is 15.0. The van der Waals surface area contributed by atoms with Crippen LogP contribution in [0.5, 0.6) is 0 Å². The van der Waals surface area contributed by atoms with Gasteiger partial charge in [-0.15, -0.1) is 11.8 Å². The summed E-state index contributed by atoms with van der Waals surface area (Å²) in [6.07, 6.45) is 2.20. The van der Waals surface area contributed by atoms with E-state index in [9.17, 15) is 4.79 Å². The second-order valence-corrected chi connectivity index (χ2v) is 4.74. The summed E-state index contributed by atoms with van der Waals surface area (Å²) in [7, 11) is 0. The molecule has 0 aliphatic rings. The van der Waals surface area contributed by atoms with Gasteiger partial charge in [-0.05, 0) is 25.5 Å². The first-order valence-electron chi connectivity index (χ1n) is 4.48. The fraction of sp³-hybridized carbons (Fsp3) is 0.500. The quantitative estimate of drug-likeness (QED) is 0.818. The van der Waals surface area contributed by atoms with Crippen LogP contribution in [0.25, 0.3) is 0 Å². The summed E-state index contributed by atoms with van der Waals surface area (Å²) in [6.45, 7) is 3.62. The molecule has 0 amide bonds. The van der Waals surface area contributed by atoms with Crippen molar-refractivity contribution < 1.29 is 14.3 Å². The summed E-state index contributed by atoms with van der Waals surface area (Å²) < 4.78 is 4.42. The largest absolute Gasteiger partial charge is 0.480 e. The molecule has 0 aliphatic carbocycles. The van der Waals surface area contributed by atoms with Crippen LogP contribution >= 0.6 is 11.8 Å². The van der Waals surface area contributed by atoms with E-state index >= 15 is 0 Å². The molecule has 1 aromatic heterocycles. The van der Waals surface area contributed by atoms with E-state index in [-0.39, 0.29) is 0 Å². The van der Waals surface area contributed by atoms with E-state index in [4.69, 9.17) is 9.52 Å².